The highest BCUT2D eigenvalue weighted by Gasteiger charge is 2.21. The van der Waals surface area contributed by atoms with Crippen LogP contribution in [0.5, 0.6) is 0 Å². The summed E-state index contributed by atoms with van der Waals surface area (Å²) in [5.41, 5.74) is 1.32. The number of hydrogen-bond donors (Lipinski definition) is 2. The molecule has 27 heavy (non-hydrogen) atoms. The van der Waals surface area contributed by atoms with Crippen molar-refractivity contribution in [2.24, 2.45) is 0 Å². The molecule has 6 nitrogen and oxygen atoms in total. The first kappa shape index (κ1) is 19.9. The molecule has 0 bridgehead atoms. The molecule has 1 aromatic heterocycles. The molecule has 1 saturated heterocycles. The lowest BCUT2D eigenvalue weighted by atomic mass is 10.3. The summed E-state index contributed by atoms with van der Waals surface area (Å²) in [6, 6.07) is 6.67. The first-order chi connectivity index (χ1) is 13.0. The monoisotopic (exact) mass is 426 g/mol. The number of piperazine rings is 1. The third kappa shape index (κ3) is 5.59. The fraction of sp³-hybridized carbons (Fsp3) is 0.333. The van der Waals surface area contributed by atoms with E-state index in [1.165, 1.54) is 11.3 Å². The number of nitrogens with zero attached hydrogens (tertiary/aromatic N) is 2. The summed E-state index contributed by atoms with van der Waals surface area (Å²) in [6.45, 7) is 4.14. The molecule has 0 saturated carbocycles. The van der Waals surface area contributed by atoms with Crippen LogP contribution in [-0.4, -0.2) is 61.0 Å². The molecule has 2 N–H and O–H groups in total. The van der Waals surface area contributed by atoms with Crippen molar-refractivity contribution < 1.29 is 9.59 Å². The van der Waals surface area contributed by atoms with Gasteiger partial charge in [0, 0.05) is 55.9 Å². The third-order valence-corrected chi connectivity index (χ3v) is 5.75. The quantitative estimate of drug-likeness (QED) is 0.766. The molecule has 1 fully saturated rings. The van der Waals surface area contributed by atoms with Crippen molar-refractivity contribution in [3.63, 3.8) is 0 Å². The van der Waals surface area contributed by atoms with Gasteiger partial charge in [-0.05, 0) is 29.6 Å². The highest BCUT2D eigenvalue weighted by Crippen LogP contribution is 2.25. The second kappa shape index (κ2) is 9.41. The topological polar surface area (TPSA) is 64.7 Å². The molecule has 9 heteroatoms. The van der Waals surface area contributed by atoms with Crippen molar-refractivity contribution in [1.29, 1.82) is 0 Å². The fourth-order valence-corrected chi connectivity index (χ4v) is 3.71. The van der Waals surface area contributed by atoms with Gasteiger partial charge >= 0.3 is 6.03 Å². The van der Waals surface area contributed by atoms with Crippen LogP contribution in [-0.2, 0) is 0 Å². The number of urea groups is 1. The summed E-state index contributed by atoms with van der Waals surface area (Å²) in [5.74, 6) is -0.0455. The number of benzene rings is 1. The van der Waals surface area contributed by atoms with Crippen molar-refractivity contribution in [1.82, 2.24) is 15.1 Å². The van der Waals surface area contributed by atoms with Crippen molar-refractivity contribution in [3.8, 4) is 0 Å². The molecule has 0 aliphatic carbocycles. The van der Waals surface area contributed by atoms with E-state index in [0.29, 0.717) is 40.9 Å². The standard InChI is InChI=1S/C18H20Cl2N4O2S/c19-15-2-1-14(11-16(15)20)22-18(26)24-8-6-23(7-9-24)5-4-21-17(25)13-3-10-27-12-13/h1-3,10-12H,4-9H2,(H,21,25)(H,22,26). The Morgan fingerprint density at radius 1 is 1.07 bits per heavy atom. The maximum atomic E-state index is 12.4. The Morgan fingerprint density at radius 3 is 2.52 bits per heavy atom. The van der Waals surface area contributed by atoms with Crippen LogP contribution in [0.25, 0.3) is 0 Å². The van der Waals surface area contributed by atoms with Gasteiger partial charge in [-0.3, -0.25) is 9.69 Å². The van der Waals surface area contributed by atoms with Crippen LogP contribution < -0.4 is 10.6 Å². The van der Waals surface area contributed by atoms with Gasteiger partial charge in [0.2, 0.25) is 0 Å². The minimum Gasteiger partial charge on any atom is -0.351 e. The average Bonchev–Trinajstić information content (AvgIpc) is 3.20. The molecular weight excluding hydrogens is 407 g/mol. The van der Waals surface area contributed by atoms with Crippen LogP contribution in [0.15, 0.2) is 35.0 Å². The highest BCUT2D eigenvalue weighted by molar-refractivity contribution is 7.08. The fourth-order valence-electron chi connectivity index (χ4n) is 2.77. The first-order valence-corrected chi connectivity index (χ1v) is 10.3. The predicted molar refractivity (Wildman–Crippen MR) is 110 cm³/mol. The number of thiophene rings is 1. The van der Waals surface area contributed by atoms with Gasteiger partial charge in [0.15, 0.2) is 0 Å². The number of halogens is 2. The molecule has 1 aliphatic heterocycles. The number of hydrogen-bond acceptors (Lipinski definition) is 4. The molecule has 0 spiro atoms. The van der Waals surface area contributed by atoms with E-state index in [1.807, 2.05) is 16.8 Å². The largest absolute Gasteiger partial charge is 0.351 e. The van der Waals surface area contributed by atoms with Gasteiger partial charge < -0.3 is 15.5 Å². The van der Waals surface area contributed by atoms with E-state index in [4.69, 9.17) is 23.2 Å². The molecule has 0 unspecified atom stereocenters. The molecule has 0 radical (unpaired) electrons. The van der Waals surface area contributed by atoms with Gasteiger partial charge in [0.1, 0.15) is 0 Å². The Bertz CT molecular complexity index is 793. The van der Waals surface area contributed by atoms with Crippen LogP contribution in [0.2, 0.25) is 10.0 Å². The first-order valence-electron chi connectivity index (χ1n) is 8.56. The van der Waals surface area contributed by atoms with Gasteiger partial charge in [-0.2, -0.15) is 11.3 Å². The predicted octanol–water partition coefficient (Wildman–Crippen LogP) is 3.63. The van der Waals surface area contributed by atoms with Crippen molar-refractivity contribution >= 4 is 52.2 Å². The number of carbonyl (C=O) groups excluding carboxylic acids is 2. The molecule has 2 heterocycles. The zero-order valence-corrected chi connectivity index (χ0v) is 16.9. The van der Waals surface area contributed by atoms with E-state index in [0.717, 1.165) is 19.6 Å². The van der Waals surface area contributed by atoms with Gasteiger partial charge in [0.25, 0.3) is 5.91 Å². The van der Waals surface area contributed by atoms with E-state index >= 15 is 0 Å². The van der Waals surface area contributed by atoms with E-state index < -0.39 is 0 Å². The van der Waals surface area contributed by atoms with Crippen molar-refractivity contribution in [3.05, 3.63) is 50.6 Å². The maximum Gasteiger partial charge on any atom is 0.321 e. The van der Waals surface area contributed by atoms with Crippen LogP contribution in [0.1, 0.15) is 10.4 Å². The normalized spacial score (nSPS) is 14.8. The Morgan fingerprint density at radius 2 is 1.85 bits per heavy atom. The summed E-state index contributed by atoms with van der Waals surface area (Å²) in [7, 11) is 0. The smallest absolute Gasteiger partial charge is 0.321 e. The van der Waals surface area contributed by atoms with Crippen molar-refractivity contribution in [2.45, 2.75) is 0 Å². The SMILES string of the molecule is O=C(NCCN1CCN(C(=O)Nc2ccc(Cl)c(Cl)c2)CC1)c1ccsc1. The summed E-state index contributed by atoms with van der Waals surface area (Å²) in [5, 5.41) is 10.3. The molecule has 0 atom stereocenters. The number of rotatable bonds is 5. The molecule has 1 aliphatic rings. The van der Waals surface area contributed by atoms with Crippen LogP contribution in [0.4, 0.5) is 10.5 Å². The van der Waals surface area contributed by atoms with Gasteiger partial charge in [-0.1, -0.05) is 23.2 Å². The lowest BCUT2D eigenvalue weighted by Crippen LogP contribution is -2.51. The number of anilines is 1. The van der Waals surface area contributed by atoms with Crippen LogP contribution in [0.3, 0.4) is 0 Å². The number of amides is 3. The maximum absolute atomic E-state index is 12.4. The van der Waals surface area contributed by atoms with E-state index in [9.17, 15) is 9.59 Å². The minimum absolute atomic E-state index is 0.0455. The van der Waals surface area contributed by atoms with Crippen molar-refractivity contribution in [2.75, 3.05) is 44.6 Å². The van der Waals surface area contributed by atoms with E-state index in [-0.39, 0.29) is 11.9 Å². The minimum atomic E-state index is -0.154. The second-order valence-corrected chi connectivity index (χ2v) is 7.75. The molecule has 2 aromatic rings. The zero-order chi connectivity index (χ0) is 19.2. The molecule has 144 valence electrons. The third-order valence-electron chi connectivity index (χ3n) is 4.33. The van der Waals surface area contributed by atoms with Crippen LogP contribution >= 0.6 is 34.5 Å². The molecule has 3 amide bonds. The Balaban J connectivity index is 1.38. The lowest BCUT2D eigenvalue weighted by molar-refractivity contribution is 0.0943. The number of nitrogens with one attached hydrogen (secondary N) is 2. The van der Waals surface area contributed by atoms with E-state index in [1.54, 1.807) is 23.1 Å². The Labute approximate surface area is 172 Å². The van der Waals surface area contributed by atoms with Crippen LogP contribution in [0, 0.1) is 0 Å². The van der Waals surface area contributed by atoms with Gasteiger partial charge in [0.05, 0.1) is 10.0 Å². The summed E-state index contributed by atoms with van der Waals surface area (Å²) < 4.78 is 0. The molecule has 3 rings (SSSR count). The Hall–Kier alpha value is -1.80. The molecule has 1 aromatic carbocycles. The molecular formula is C18H20Cl2N4O2S. The summed E-state index contributed by atoms with van der Waals surface area (Å²) >= 11 is 13.4. The van der Waals surface area contributed by atoms with Gasteiger partial charge in [-0.25, -0.2) is 4.79 Å². The average molecular weight is 427 g/mol. The summed E-state index contributed by atoms with van der Waals surface area (Å²) in [6.07, 6.45) is 0. The van der Waals surface area contributed by atoms with E-state index in [2.05, 4.69) is 15.5 Å². The lowest BCUT2D eigenvalue weighted by Gasteiger charge is -2.34. The number of carbonyl (C=O) groups is 2. The Kier molecular flexibility index (Phi) is 6.95. The zero-order valence-electron chi connectivity index (χ0n) is 14.6. The second-order valence-electron chi connectivity index (χ2n) is 6.16. The van der Waals surface area contributed by atoms with Gasteiger partial charge in [-0.15, -0.1) is 0 Å². The summed E-state index contributed by atoms with van der Waals surface area (Å²) in [4.78, 5) is 28.3. The highest BCUT2D eigenvalue weighted by atomic mass is 35.5.